The van der Waals surface area contributed by atoms with Crippen molar-refractivity contribution in [3.63, 3.8) is 0 Å². The lowest BCUT2D eigenvalue weighted by Gasteiger charge is -2.20. The van der Waals surface area contributed by atoms with Gasteiger partial charge in [0.25, 0.3) is 0 Å². The number of phenols is 1. The molecular weight excluding hydrogens is 244 g/mol. The molecule has 4 nitrogen and oxygen atoms in total. The molecule has 2 rings (SSSR count). The van der Waals surface area contributed by atoms with E-state index in [-0.39, 0.29) is 24.4 Å². The Labute approximate surface area is 113 Å². The smallest absolute Gasteiger partial charge is 0.160 e. The van der Waals surface area contributed by atoms with E-state index in [4.69, 9.17) is 9.84 Å². The Bertz CT molecular complexity index is 430. The average molecular weight is 266 g/mol. The Balaban J connectivity index is 2.35. The molecule has 1 aliphatic carbocycles. The first-order valence-corrected chi connectivity index (χ1v) is 6.86. The standard InChI is InChI=1S/C15H22O4/c1-19-15-8-10(4-3-7-16)12(9-14(15)18)11-5-2-6-13(11)17/h8-9,11,13,16-18H,2-7H2,1H3/t11-,13+/m0/s1. The Morgan fingerprint density at radius 1 is 1.32 bits per heavy atom. The van der Waals surface area contributed by atoms with Gasteiger partial charge in [0.1, 0.15) is 0 Å². The molecule has 106 valence electrons. The minimum absolute atomic E-state index is 0.0884. The number of hydrogen-bond acceptors (Lipinski definition) is 4. The van der Waals surface area contributed by atoms with Crippen LogP contribution in [0.5, 0.6) is 11.5 Å². The summed E-state index contributed by atoms with van der Waals surface area (Å²) in [7, 11) is 1.52. The lowest BCUT2D eigenvalue weighted by molar-refractivity contribution is 0.163. The molecule has 0 bridgehead atoms. The first-order valence-electron chi connectivity index (χ1n) is 6.86. The summed E-state index contributed by atoms with van der Waals surface area (Å²) < 4.78 is 5.14. The van der Waals surface area contributed by atoms with Crippen molar-refractivity contribution in [1.29, 1.82) is 0 Å². The number of ether oxygens (including phenoxy) is 1. The van der Waals surface area contributed by atoms with Crippen LogP contribution in [-0.4, -0.2) is 35.1 Å². The van der Waals surface area contributed by atoms with Crippen LogP contribution < -0.4 is 4.74 Å². The Hall–Kier alpha value is -1.26. The van der Waals surface area contributed by atoms with Crippen LogP contribution >= 0.6 is 0 Å². The van der Waals surface area contributed by atoms with Crippen molar-refractivity contribution in [3.05, 3.63) is 23.3 Å². The molecule has 19 heavy (non-hydrogen) atoms. The second kappa shape index (κ2) is 6.26. The van der Waals surface area contributed by atoms with Crippen LogP contribution in [0.3, 0.4) is 0 Å². The molecule has 0 radical (unpaired) electrons. The number of methoxy groups -OCH3 is 1. The van der Waals surface area contributed by atoms with Crippen LogP contribution in [0.4, 0.5) is 0 Å². The highest BCUT2D eigenvalue weighted by atomic mass is 16.5. The minimum Gasteiger partial charge on any atom is -0.504 e. The molecule has 1 fully saturated rings. The van der Waals surface area contributed by atoms with E-state index in [1.807, 2.05) is 6.07 Å². The van der Waals surface area contributed by atoms with E-state index in [0.717, 1.165) is 36.8 Å². The quantitative estimate of drug-likeness (QED) is 0.762. The number of phenolic OH excluding ortho intramolecular Hbond substituents is 1. The van der Waals surface area contributed by atoms with Crippen LogP contribution in [0.2, 0.25) is 0 Å². The number of aromatic hydroxyl groups is 1. The van der Waals surface area contributed by atoms with Crippen molar-refractivity contribution in [3.8, 4) is 11.5 Å². The van der Waals surface area contributed by atoms with E-state index in [0.29, 0.717) is 12.2 Å². The Kier molecular flexibility index (Phi) is 4.66. The van der Waals surface area contributed by atoms with Crippen molar-refractivity contribution < 1.29 is 20.1 Å². The van der Waals surface area contributed by atoms with Gasteiger partial charge in [0, 0.05) is 12.5 Å². The normalized spacial score (nSPS) is 22.7. The van der Waals surface area contributed by atoms with E-state index in [2.05, 4.69) is 0 Å². The Morgan fingerprint density at radius 2 is 2.11 bits per heavy atom. The zero-order valence-electron chi connectivity index (χ0n) is 11.3. The first kappa shape index (κ1) is 14.2. The summed E-state index contributed by atoms with van der Waals surface area (Å²) in [6, 6.07) is 3.54. The van der Waals surface area contributed by atoms with Gasteiger partial charge in [-0.2, -0.15) is 0 Å². The highest BCUT2D eigenvalue weighted by molar-refractivity contribution is 5.48. The molecule has 4 heteroatoms. The first-order chi connectivity index (χ1) is 9.17. The van der Waals surface area contributed by atoms with Crippen LogP contribution in [-0.2, 0) is 6.42 Å². The predicted molar refractivity (Wildman–Crippen MR) is 72.7 cm³/mol. The van der Waals surface area contributed by atoms with E-state index in [1.54, 1.807) is 6.07 Å². The number of aliphatic hydroxyl groups excluding tert-OH is 2. The topological polar surface area (TPSA) is 69.9 Å². The largest absolute Gasteiger partial charge is 0.504 e. The van der Waals surface area contributed by atoms with Crippen molar-refractivity contribution in [1.82, 2.24) is 0 Å². The molecule has 0 saturated heterocycles. The van der Waals surface area contributed by atoms with Gasteiger partial charge in [-0.3, -0.25) is 0 Å². The van der Waals surface area contributed by atoms with Crippen LogP contribution in [0, 0.1) is 0 Å². The van der Waals surface area contributed by atoms with Crippen molar-refractivity contribution in [2.75, 3.05) is 13.7 Å². The summed E-state index contributed by atoms with van der Waals surface area (Å²) in [5.41, 5.74) is 2.05. The lowest BCUT2D eigenvalue weighted by atomic mass is 9.89. The van der Waals surface area contributed by atoms with Gasteiger partial charge >= 0.3 is 0 Å². The van der Waals surface area contributed by atoms with Gasteiger partial charge in [0.2, 0.25) is 0 Å². The molecule has 0 aromatic heterocycles. The molecular formula is C15H22O4. The van der Waals surface area contributed by atoms with E-state index < -0.39 is 0 Å². The number of aryl methyl sites for hydroxylation is 1. The van der Waals surface area contributed by atoms with Crippen molar-refractivity contribution in [2.45, 2.75) is 44.1 Å². The summed E-state index contributed by atoms with van der Waals surface area (Å²) in [6.07, 6.45) is 3.84. The van der Waals surface area contributed by atoms with Gasteiger partial charge in [-0.1, -0.05) is 6.42 Å². The van der Waals surface area contributed by atoms with Gasteiger partial charge < -0.3 is 20.1 Å². The third-order valence-electron chi connectivity index (χ3n) is 3.92. The van der Waals surface area contributed by atoms with Crippen LogP contribution in [0.1, 0.15) is 42.7 Å². The van der Waals surface area contributed by atoms with Gasteiger partial charge in [0.05, 0.1) is 13.2 Å². The zero-order chi connectivity index (χ0) is 13.8. The molecule has 1 aliphatic rings. The van der Waals surface area contributed by atoms with E-state index >= 15 is 0 Å². The van der Waals surface area contributed by atoms with E-state index in [9.17, 15) is 10.2 Å². The fraction of sp³-hybridized carbons (Fsp3) is 0.600. The third-order valence-corrected chi connectivity index (χ3v) is 3.92. The van der Waals surface area contributed by atoms with Gasteiger partial charge in [-0.25, -0.2) is 0 Å². The molecule has 1 aromatic rings. The number of aliphatic hydroxyl groups is 2. The van der Waals surface area contributed by atoms with E-state index in [1.165, 1.54) is 7.11 Å². The summed E-state index contributed by atoms with van der Waals surface area (Å²) in [6.45, 7) is 0.135. The maximum atomic E-state index is 10.0. The highest BCUT2D eigenvalue weighted by Crippen LogP contribution is 2.40. The molecule has 1 aromatic carbocycles. The summed E-state index contributed by atoms with van der Waals surface area (Å²) in [5, 5.41) is 29.0. The summed E-state index contributed by atoms with van der Waals surface area (Å²) in [4.78, 5) is 0. The maximum absolute atomic E-state index is 10.0. The average Bonchev–Trinajstić information content (AvgIpc) is 2.83. The Morgan fingerprint density at radius 3 is 2.68 bits per heavy atom. The molecule has 0 heterocycles. The molecule has 0 unspecified atom stereocenters. The summed E-state index contributed by atoms with van der Waals surface area (Å²) in [5.74, 6) is 0.652. The summed E-state index contributed by atoms with van der Waals surface area (Å²) >= 11 is 0. The van der Waals surface area contributed by atoms with Crippen molar-refractivity contribution >= 4 is 0 Å². The molecule has 2 atom stereocenters. The molecule has 3 N–H and O–H groups in total. The number of rotatable bonds is 5. The predicted octanol–water partition coefficient (Wildman–Crippen LogP) is 1.95. The molecule has 0 spiro atoms. The monoisotopic (exact) mass is 266 g/mol. The minimum atomic E-state index is -0.333. The number of hydrogen-bond donors (Lipinski definition) is 3. The van der Waals surface area contributed by atoms with Crippen molar-refractivity contribution in [2.24, 2.45) is 0 Å². The third kappa shape index (κ3) is 3.01. The lowest BCUT2D eigenvalue weighted by Crippen LogP contribution is -2.13. The second-order valence-electron chi connectivity index (χ2n) is 5.15. The maximum Gasteiger partial charge on any atom is 0.160 e. The van der Waals surface area contributed by atoms with Gasteiger partial charge in [0.15, 0.2) is 11.5 Å². The molecule has 0 amide bonds. The van der Waals surface area contributed by atoms with Crippen LogP contribution in [0.25, 0.3) is 0 Å². The highest BCUT2D eigenvalue weighted by Gasteiger charge is 2.29. The molecule has 1 saturated carbocycles. The second-order valence-corrected chi connectivity index (χ2v) is 5.15. The zero-order valence-corrected chi connectivity index (χ0v) is 11.3. The number of benzene rings is 1. The SMILES string of the molecule is COc1cc(CCCO)c([C@@H]2CCC[C@H]2O)cc1O. The van der Waals surface area contributed by atoms with Gasteiger partial charge in [-0.05, 0) is 48.9 Å². The van der Waals surface area contributed by atoms with Crippen LogP contribution in [0.15, 0.2) is 12.1 Å². The fourth-order valence-electron chi connectivity index (χ4n) is 2.92. The molecule has 0 aliphatic heterocycles. The van der Waals surface area contributed by atoms with Gasteiger partial charge in [-0.15, -0.1) is 0 Å². The fourth-order valence-corrected chi connectivity index (χ4v) is 2.92.